The number of nitrogens with one attached hydrogen (secondary N) is 1. The van der Waals surface area contributed by atoms with E-state index in [0.29, 0.717) is 5.69 Å². The van der Waals surface area contributed by atoms with E-state index in [4.69, 9.17) is 4.42 Å². The van der Waals surface area contributed by atoms with Crippen LogP contribution in [-0.2, 0) is 11.8 Å². The molecule has 1 amide bonds. The Bertz CT molecular complexity index is 1050. The summed E-state index contributed by atoms with van der Waals surface area (Å²) in [6, 6.07) is 9.75. The number of amides is 1. The second-order valence-electron chi connectivity index (χ2n) is 5.42. The predicted molar refractivity (Wildman–Crippen MR) is 88.0 cm³/mol. The zero-order valence-electron chi connectivity index (χ0n) is 12.7. The zero-order valence-corrected chi connectivity index (χ0v) is 12.7. The first-order valence-electron chi connectivity index (χ1n) is 7.20. The van der Waals surface area contributed by atoms with E-state index in [1.807, 2.05) is 37.4 Å². The molecule has 0 fully saturated rings. The van der Waals surface area contributed by atoms with Gasteiger partial charge in [-0.05, 0) is 30.3 Å². The van der Waals surface area contributed by atoms with Crippen LogP contribution < -0.4 is 5.32 Å². The van der Waals surface area contributed by atoms with Gasteiger partial charge in [0.15, 0.2) is 5.65 Å². The third-order valence-electron chi connectivity index (χ3n) is 3.72. The van der Waals surface area contributed by atoms with Crippen molar-refractivity contribution >= 4 is 33.6 Å². The molecule has 0 aliphatic carbocycles. The lowest BCUT2D eigenvalue weighted by atomic mass is 10.1. The normalized spacial score (nSPS) is 11.2. The van der Waals surface area contributed by atoms with E-state index in [1.54, 1.807) is 17.1 Å². The first kappa shape index (κ1) is 13.5. The van der Waals surface area contributed by atoms with Crippen LogP contribution in [0.3, 0.4) is 0 Å². The van der Waals surface area contributed by atoms with Crippen LogP contribution in [0.15, 0.2) is 47.2 Å². The molecule has 0 aliphatic rings. The number of benzene rings is 1. The minimum atomic E-state index is -0.128. The van der Waals surface area contributed by atoms with Crippen LogP contribution in [-0.4, -0.2) is 20.7 Å². The molecule has 6 heteroatoms. The first-order chi connectivity index (χ1) is 11.1. The van der Waals surface area contributed by atoms with Gasteiger partial charge in [0.1, 0.15) is 11.3 Å². The van der Waals surface area contributed by atoms with Gasteiger partial charge in [0.25, 0.3) is 0 Å². The number of rotatable bonds is 2. The van der Waals surface area contributed by atoms with Gasteiger partial charge in [-0.3, -0.25) is 4.79 Å². The van der Waals surface area contributed by atoms with Gasteiger partial charge in [0.2, 0.25) is 5.91 Å². The summed E-state index contributed by atoms with van der Waals surface area (Å²) >= 11 is 0. The topological polar surface area (TPSA) is 73.0 Å². The quantitative estimate of drug-likeness (QED) is 0.616. The Morgan fingerprint density at radius 1 is 1.26 bits per heavy atom. The van der Waals surface area contributed by atoms with Gasteiger partial charge in [-0.2, -0.15) is 5.10 Å². The molecule has 0 atom stereocenters. The van der Waals surface area contributed by atoms with E-state index in [1.165, 1.54) is 6.92 Å². The summed E-state index contributed by atoms with van der Waals surface area (Å²) in [4.78, 5) is 15.7. The van der Waals surface area contributed by atoms with E-state index in [2.05, 4.69) is 15.4 Å². The SMILES string of the molecule is CC(=O)Nc1cnc2c(c1)c(-c1ccc3occc3c1)nn2C. The Morgan fingerprint density at radius 2 is 2.13 bits per heavy atom. The number of hydrogen-bond donors (Lipinski definition) is 1. The van der Waals surface area contributed by atoms with Crippen molar-refractivity contribution in [3.63, 3.8) is 0 Å². The molecule has 3 heterocycles. The van der Waals surface area contributed by atoms with Crippen molar-refractivity contribution < 1.29 is 9.21 Å². The molecular weight excluding hydrogens is 292 g/mol. The molecule has 3 aromatic heterocycles. The molecule has 1 N–H and O–H groups in total. The van der Waals surface area contributed by atoms with Crippen LogP contribution in [0.5, 0.6) is 0 Å². The van der Waals surface area contributed by atoms with Gasteiger partial charge in [0, 0.05) is 30.3 Å². The third kappa shape index (κ3) is 2.24. The lowest BCUT2D eigenvalue weighted by Gasteiger charge is -2.02. The molecule has 0 radical (unpaired) electrons. The fourth-order valence-corrected chi connectivity index (χ4v) is 2.74. The maximum atomic E-state index is 11.3. The van der Waals surface area contributed by atoms with Crippen molar-refractivity contribution in [1.29, 1.82) is 0 Å². The highest BCUT2D eigenvalue weighted by molar-refractivity contribution is 5.97. The molecule has 0 aliphatic heterocycles. The molecule has 0 unspecified atom stereocenters. The number of pyridine rings is 1. The minimum Gasteiger partial charge on any atom is -0.464 e. The number of anilines is 1. The summed E-state index contributed by atoms with van der Waals surface area (Å²) in [6.07, 6.45) is 3.30. The summed E-state index contributed by atoms with van der Waals surface area (Å²) in [7, 11) is 1.85. The summed E-state index contributed by atoms with van der Waals surface area (Å²) in [5.41, 5.74) is 4.06. The lowest BCUT2D eigenvalue weighted by molar-refractivity contribution is -0.114. The van der Waals surface area contributed by atoms with Crippen molar-refractivity contribution in [3.05, 3.63) is 42.8 Å². The minimum absolute atomic E-state index is 0.128. The number of aryl methyl sites for hydroxylation is 1. The van der Waals surface area contributed by atoms with Gasteiger partial charge in [-0.15, -0.1) is 0 Å². The van der Waals surface area contributed by atoms with E-state index in [9.17, 15) is 4.79 Å². The van der Waals surface area contributed by atoms with Crippen molar-refractivity contribution in [2.75, 3.05) is 5.32 Å². The Kier molecular flexibility index (Phi) is 2.90. The fraction of sp³-hybridized carbons (Fsp3) is 0.118. The molecule has 4 aromatic rings. The second kappa shape index (κ2) is 4.95. The molecule has 4 rings (SSSR count). The van der Waals surface area contributed by atoms with Crippen LogP contribution in [0.4, 0.5) is 5.69 Å². The smallest absolute Gasteiger partial charge is 0.221 e. The lowest BCUT2D eigenvalue weighted by Crippen LogP contribution is -2.05. The number of hydrogen-bond acceptors (Lipinski definition) is 4. The van der Waals surface area contributed by atoms with Crippen LogP contribution >= 0.6 is 0 Å². The van der Waals surface area contributed by atoms with Crippen LogP contribution in [0.1, 0.15) is 6.92 Å². The number of carbonyl (C=O) groups is 1. The van der Waals surface area contributed by atoms with Gasteiger partial charge in [0.05, 0.1) is 18.1 Å². The monoisotopic (exact) mass is 306 g/mol. The van der Waals surface area contributed by atoms with Crippen LogP contribution in [0.2, 0.25) is 0 Å². The van der Waals surface area contributed by atoms with Crippen molar-refractivity contribution in [2.24, 2.45) is 7.05 Å². The van der Waals surface area contributed by atoms with Gasteiger partial charge < -0.3 is 9.73 Å². The maximum Gasteiger partial charge on any atom is 0.221 e. The highest BCUT2D eigenvalue weighted by Gasteiger charge is 2.13. The molecule has 0 saturated carbocycles. The maximum absolute atomic E-state index is 11.3. The molecular formula is C17H14N4O2. The second-order valence-corrected chi connectivity index (χ2v) is 5.42. The Balaban J connectivity index is 1.92. The Morgan fingerprint density at radius 3 is 2.96 bits per heavy atom. The van der Waals surface area contributed by atoms with Crippen LogP contribution in [0, 0.1) is 0 Å². The summed E-state index contributed by atoms with van der Waals surface area (Å²) in [5, 5.41) is 9.25. The average Bonchev–Trinajstić information content (AvgIpc) is 3.10. The van der Waals surface area contributed by atoms with E-state index < -0.39 is 0 Å². The molecule has 0 bridgehead atoms. The summed E-state index contributed by atoms with van der Waals surface area (Å²) < 4.78 is 7.12. The molecule has 23 heavy (non-hydrogen) atoms. The number of furan rings is 1. The summed E-state index contributed by atoms with van der Waals surface area (Å²) in [6.45, 7) is 1.47. The van der Waals surface area contributed by atoms with E-state index >= 15 is 0 Å². The van der Waals surface area contributed by atoms with E-state index in [-0.39, 0.29) is 5.91 Å². The van der Waals surface area contributed by atoms with Crippen molar-refractivity contribution in [1.82, 2.24) is 14.8 Å². The molecule has 1 aromatic carbocycles. The molecule has 114 valence electrons. The Labute approximate surface area is 131 Å². The largest absolute Gasteiger partial charge is 0.464 e. The van der Waals surface area contributed by atoms with Gasteiger partial charge in [-0.1, -0.05) is 0 Å². The van der Waals surface area contributed by atoms with Gasteiger partial charge >= 0.3 is 0 Å². The molecule has 6 nitrogen and oxygen atoms in total. The Hall–Kier alpha value is -3.15. The number of carbonyl (C=O) groups excluding carboxylic acids is 1. The van der Waals surface area contributed by atoms with Crippen LogP contribution in [0.25, 0.3) is 33.3 Å². The highest BCUT2D eigenvalue weighted by atomic mass is 16.3. The summed E-state index contributed by atoms with van der Waals surface area (Å²) in [5.74, 6) is -0.128. The first-order valence-corrected chi connectivity index (χ1v) is 7.20. The molecule has 0 spiro atoms. The van der Waals surface area contributed by atoms with Crippen molar-refractivity contribution in [2.45, 2.75) is 6.92 Å². The predicted octanol–water partition coefficient (Wildman–Crippen LogP) is 3.34. The van der Waals surface area contributed by atoms with E-state index in [0.717, 1.165) is 33.3 Å². The van der Waals surface area contributed by atoms with Gasteiger partial charge in [-0.25, -0.2) is 9.67 Å². The average molecular weight is 306 g/mol. The fourth-order valence-electron chi connectivity index (χ4n) is 2.74. The standard InChI is InChI=1S/C17H14N4O2/c1-10(22)19-13-8-14-16(20-21(2)17(14)18-9-13)12-3-4-15-11(7-12)5-6-23-15/h3-9H,1-2H3,(H,19,22). The zero-order chi connectivity index (χ0) is 16.0. The third-order valence-corrected chi connectivity index (χ3v) is 3.72. The molecule has 0 saturated heterocycles. The number of fused-ring (bicyclic) bond motifs is 2. The number of nitrogens with zero attached hydrogens (tertiary/aromatic N) is 3. The number of aromatic nitrogens is 3. The highest BCUT2D eigenvalue weighted by Crippen LogP contribution is 2.30. The van der Waals surface area contributed by atoms with Crippen molar-refractivity contribution in [3.8, 4) is 11.3 Å².